The van der Waals surface area contributed by atoms with Gasteiger partial charge in [-0.05, 0) is 69.4 Å². The molecule has 8 heteroatoms. The lowest BCUT2D eigenvalue weighted by molar-refractivity contribution is -0.124. The molecule has 40 heavy (non-hydrogen) atoms. The van der Waals surface area contributed by atoms with Crippen molar-refractivity contribution in [3.8, 4) is 5.69 Å². The normalized spacial score (nSPS) is 12.8. The Morgan fingerprint density at radius 1 is 0.975 bits per heavy atom. The van der Waals surface area contributed by atoms with Crippen LogP contribution in [0.2, 0.25) is 0 Å². The van der Waals surface area contributed by atoms with Gasteiger partial charge in [-0.15, -0.1) is 0 Å². The summed E-state index contributed by atoms with van der Waals surface area (Å²) >= 11 is 0. The number of rotatable bonds is 9. The minimum Gasteiger partial charge on any atom is -0.444 e. The van der Waals surface area contributed by atoms with Gasteiger partial charge in [0.15, 0.2) is 0 Å². The maximum atomic E-state index is 13.0. The van der Waals surface area contributed by atoms with Crippen LogP contribution in [0.3, 0.4) is 0 Å². The molecule has 8 nitrogen and oxygen atoms in total. The monoisotopic (exact) mass is 546 g/mol. The summed E-state index contributed by atoms with van der Waals surface area (Å²) in [5, 5.41) is 6.77. The number of amides is 2. The number of hydrazone groups is 1. The van der Waals surface area contributed by atoms with Crippen LogP contribution in [0.25, 0.3) is 5.69 Å². The lowest BCUT2D eigenvalue weighted by Gasteiger charge is -2.22. The second-order valence-electron chi connectivity index (χ2n) is 11.9. The number of benzene rings is 2. The Kier molecular flexibility index (Phi) is 9.93. The summed E-state index contributed by atoms with van der Waals surface area (Å²) in [5.41, 5.74) is 8.12. The van der Waals surface area contributed by atoms with Crippen molar-refractivity contribution in [1.82, 2.24) is 15.3 Å². The van der Waals surface area contributed by atoms with Crippen LogP contribution in [0.5, 0.6) is 0 Å². The van der Waals surface area contributed by atoms with Crippen molar-refractivity contribution in [2.24, 2.45) is 5.10 Å². The highest BCUT2D eigenvalue weighted by Crippen LogP contribution is 2.25. The van der Waals surface area contributed by atoms with E-state index in [2.05, 4.69) is 65.4 Å². The molecule has 0 aliphatic carbocycles. The number of carbonyl (C=O) groups excluding carboxylic acids is 2. The molecule has 1 heterocycles. The fourth-order valence-electron chi connectivity index (χ4n) is 4.17. The molecule has 0 unspecified atom stereocenters. The minimum absolute atomic E-state index is 0.0471. The number of aryl methyl sites for hydroxylation is 1. The molecule has 3 aromatic rings. The van der Waals surface area contributed by atoms with Gasteiger partial charge in [0.2, 0.25) is 0 Å². The predicted molar refractivity (Wildman–Crippen MR) is 159 cm³/mol. The van der Waals surface area contributed by atoms with E-state index in [0.717, 1.165) is 28.2 Å². The van der Waals surface area contributed by atoms with E-state index in [1.54, 1.807) is 27.0 Å². The van der Waals surface area contributed by atoms with Crippen molar-refractivity contribution in [2.75, 3.05) is 6.61 Å². The minimum atomic E-state index is -0.996. The molecule has 0 spiro atoms. The maximum absolute atomic E-state index is 13.0. The van der Waals surface area contributed by atoms with Crippen LogP contribution in [0.4, 0.5) is 4.79 Å². The zero-order chi connectivity index (χ0) is 29.5. The highest BCUT2D eigenvalue weighted by atomic mass is 16.6. The van der Waals surface area contributed by atoms with Gasteiger partial charge in [0.1, 0.15) is 11.6 Å². The van der Waals surface area contributed by atoms with Gasteiger partial charge in [-0.1, -0.05) is 63.2 Å². The Balaban J connectivity index is 1.69. The van der Waals surface area contributed by atoms with Gasteiger partial charge < -0.3 is 19.4 Å². The second-order valence-corrected chi connectivity index (χ2v) is 11.9. The van der Waals surface area contributed by atoms with Crippen LogP contribution in [0.15, 0.2) is 65.8 Å². The van der Waals surface area contributed by atoms with Crippen molar-refractivity contribution in [3.05, 3.63) is 88.7 Å². The van der Waals surface area contributed by atoms with Gasteiger partial charge in [0.05, 0.1) is 19.4 Å². The van der Waals surface area contributed by atoms with E-state index in [4.69, 9.17) is 9.47 Å². The summed E-state index contributed by atoms with van der Waals surface area (Å²) in [6.07, 6.45) is 0.899. The largest absolute Gasteiger partial charge is 0.444 e. The van der Waals surface area contributed by atoms with Gasteiger partial charge >= 0.3 is 6.09 Å². The van der Waals surface area contributed by atoms with Crippen LogP contribution in [0.1, 0.15) is 69.6 Å². The first-order chi connectivity index (χ1) is 18.7. The van der Waals surface area contributed by atoms with E-state index in [-0.39, 0.29) is 12.0 Å². The Labute approximate surface area is 237 Å². The number of hydrogen-bond acceptors (Lipinski definition) is 5. The smallest absolute Gasteiger partial charge is 0.408 e. The third kappa shape index (κ3) is 8.81. The average molecular weight is 547 g/mol. The van der Waals surface area contributed by atoms with Crippen molar-refractivity contribution in [1.29, 1.82) is 0 Å². The quantitative estimate of drug-likeness (QED) is 0.256. The summed E-state index contributed by atoms with van der Waals surface area (Å²) in [6.45, 7) is 16.2. The van der Waals surface area contributed by atoms with Crippen molar-refractivity contribution in [2.45, 2.75) is 79.1 Å². The molecular formula is C32H42N4O4. The zero-order valence-electron chi connectivity index (χ0n) is 24.9. The molecule has 0 radical (unpaired) electrons. The van der Waals surface area contributed by atoms with Crippen LogP contribution < -0.4 is 10.7 Å². The predicted octanol–water partition coefficient (Wildman–Crippen LogP) is 5.95. The van der Waals surface area contributed by atoms with Crippen molar-refractivity contribution >= 4 is 18.2 Å². The highest BCUT2D eigenvalue weighted by Gasteiger charge is 2.25. The molecule has 1 aromatic heterocycles. The van der Waals surface area contributed by atoms with E-state index in [1.807, 2.05) is 50.2 Å². The van der Waals surface area contributed by atoms with E-state index >= 15 is 0 Å². The topological polar surface area (TPSA) is 93.9 Å². The third-order valence-electron chi connectivity index (χ3n) is 6.24. The molecule has 0 bridgehead atoms. The summed E-state index contributed by atoms with van der Waals surface area (Å²) in [5.74, 6) is -0.512. The summed E-state index contributed by atoms with van der Waals surface area (Å²) in [6, 6.07) is 19.2. The van der Waals surface area contributed by atoms with Crippen molar-refractivity contribution < 1.29 is 19.1 Å². The SMILES string of the molecule is Cc1cc(/C=N\NC(=O)[C@H](COCc2ccccc2)NC(=O)OC(C)(C)C)c(C)n1-c1ccc(C(C)(C)C)cc1. The lowest BCUT2D eigenvalue weighted by Crippen LogP contribution is -2.49. The number of carbonyl (C=O) groups is 2. The molecule has 0 saturated heterocycles. The number of alkyl carbamates (subject to hydrolysis) is 1. The van der Waals surface area contributed by atoms with Crippen LogP contribution >= 0.6 is 0 Å². The first-order valence-corrected chi connectivity index (χ1v) is 13.5. The summed E-state index contributed by atoms with van der Waals surface area (Å²) in [7, 11) is 0. The molecule has 1 atom stereocenters. The second kappa shape index (κ2) is 13.0. The highest BCUT2D eigenvalue weighted by molar-refractivity contribution is 5.88. The number of nitrogens with one attached hydrogen (secondary N) is 2. The van der Waals surface area contributed by atoms with E-state index in [1.165, 1.54) is 5.56 Å². The molecule has 214 valence electrons. The molecule has 0 saturated carbocycles. The van der Waals surface area contributed by atoms with E-state index in [9.17, 15) is 9.59 Å². The lowest BCUT2D eigenvalue weighted by atomic mass is 9.87. The molecule has 0 fully saturated rings. The summed E-state index contributed by atoms with van der Waals surface area (Å²) in [4.78, 5) is 25.4. The fraction of sp³-hybridized carbons (Fsp3) is 0.406. The van der Waals surface area contributed by atoms with Crippen molar-refractivity contribution in [3.63, 3.8) is 0 Å². The molecule has 3 rings (SSSR count). The van der Waals surface area contributed by atoms with Gasteiger partial charge in [-0.2, -0.15) is 5.10 Å². The standard InChI is InChI=1S/C32H42N4O4/c1-22-18-25(23(2)36(22)27-16-14-26(15-17-27)31(3,4)5)19-33-35-29(37)28(34-30(38)40-32(6,7)8)21-39-20-24-12-10-9-11-13-24/h9-19,28H,20-21H2,1-8H3,(H,34,38)(H,35,37)/b33-19-/t28-/m0/s1. The van der Waals surface area contributed by atoms with Crippen LogP contribution in [-0.4, -0.2) is 41.0 Å². The third-order valence-corrected chi connectivity index (χ3v) is 6.24. The summed E-state index contributed by atoms with van der Waals surface area (Å²) < 4.78 is 13.2. The number of hydrogen-bond donors (Lipinski definition) is 2. The van der Waals surface area contributed by atoms with E-state index in [0.29, 0.717) is 6.61 Å². The molecule has 2 N–H and O–H groups in total. The molecule has 0 aliphatic heterocycles. The molecule has 2 aromatic carbocycles. The Morgan fingerprint density at radius 3 is 2.23 bits per heavy atom. The van der Waals surface area contributed by atoms with E-state index < -0.39 is 23.6 Å². The average Bonchev–Trinajstić information content (AvgIpc) is 3.15. The molecule has 0 aliphatic rings. The Bertz CT molecular complexity index is 1310. The fourth-order valence-corrected chi connectivity index (χ4v) is 4.17. The number of ether oxygens (including phenoxy) is 2. The maximum Gasteiger partial charge on any atom is 0.408 e. The number of aromatic nitrogens is 1. The van der Waals surface area contributed by atoms with Crippen LogP contribution in [-0.2, 0) is 26.3 Å². The Morgan fingerprint density at radius 2 is 1.62 bits per heavy atom. The Hall–Kier alpha value is -3.91. The van der Waals surface area contributed by atoms with Gasteiger partial charge in [0.25, 0.3) is 5.91 Å². The number of nitrogens with zero attached hydrogens (tertiary/aromatic N) is 2. The first-order valence-electron chi connectivity index (χ1n) is 13.5. The van der Waals surface area contributed by atoms with Crippen LogP contribution in [0, 0.1) is 13.8 Å². The van der Waals surface area contributed by atoms with Gasteiger partial charge in [-0.3, -0.25) is 4.79 Å². The molecule has 2 amide bonds. The zero-order valence-corrected chi connectivity index (χ0v) is 24.9. The van der Waals surface area contributed by atoms with Gasteiger partial charge in [-0.25, -0.2) is 10.2 Å². The molecular weight excluding hydrogens is 504 g/mol. The first kappa shape index (κ1) is 30.6. The van der Waals surface area contributed by atoms with Gasteiger partial charge in [0, 0.05) is 22.6 Å².